The predicted octanol–water partition coefficient (Wildman–Crippen LogP) is 3.52. The lowest BCUT2D eigenvalue weighted by atomic mass is 10.0. The van der Waals surface area contributed by atoms with E-state index in [9.17, 15) is 39.5 Å². The first-order valence-electron chi connectivity index (χ1n) is 3.48. The minimum Gasteiger partial charge on any atom is -0.251 e. The number of alkyl halides is 9. The van der Waals surface area contributed by atoms with Crippen LogP contribution in [0.15, 0.2) is 0 Å². The molecule has 0 heterocycles. The molecule has 92 valence electrons. The zero-order chi connectivity index (χ0) is 12.5. The number of hydrogen-bond acceptors (Lipinski definition) is 0. The highest BCUT2D eigenvalue weighted by molar-refractivity contribution is 4.97. The fraction of sp³-hybridized carbons (Fsp3) is 1.00. The molecule has 0 aromatic heterocycles. The van der Waals surface area contributed by atoms with Gasteiger partial charge in [-0.05, 0) is 0 Å². The van der Waals surface area contributed by atoms with Gasteiger partial charge in [-0.3, -0.25) is 4.39 Å². The maximum absolute atomic E-state index is 12.3. The molecule has 0 saturated carbocycles. The summed E-state index contributed by atoms with van der Waals surface area (Å²) >= 11 is 0. The van der Waals surface area contributed by atoms with E-state index in [0.29, 0.717) is 0 Å². The topological polar surface area (TPSA) is 0 Å². The molecule has 0 nitrogen and oxygen atoms in total. The number of hydrogen-bond donors (Lipinski definition) is 0. The average Bonchev–Trinajstić information content (AvgIpc) is 2.02. The fourth-order valence-corrected chi connectivity index (χ4v) is 0.657. The molecular formula is C6H5F9. The second-order valence-electron chi connectivity index (χ2n) is 2.64. The van der Waals surface area contributed by atoms with Crippen molar-refractivity contribution in [2.45, 2.75) is 30.6 Å². The zero-order valence-electron chi connectivity index (χ0n) is 6.89. The molecule has 0 rings (SSSR count). The summed E-state index contributed by atoms with van der Waals surface area (Å²) in [5.41, 5.74) is 0. The molecule has 0 radical (unpaired) electrons. The quantitative estimate of drug-likeness (QED) is 0.653. The summed E-state index contributed by atoms with van der Waals surface area (Å²) in [5, 5.41) is 0. The van der Waals surface area contributed by atoms with Crippen LogP contribution in [0, 0.1) is 0 Å². The molecule has 0 bridgehead atoms. The van der Waals surface area contributed by atoms with Crippen molar-refractivity contribution in [1.82, 2.24) is 0 Å². The third-order valence-corrected chi connectivity index (χ3v) is 1.56. The molecule has 0 unspecified atom stereocenters. The van der Waals surface area contributed by atoms with Crippen molar-refractivity contribution < 1.29 is 39.5 Å². The van der Waals surface area contributed by atoms with Crippen LogP contribution in [0.1, 0.15) is 6.42 Å². The Morgan fingerprint density at radius 2 is 1.27 bits per heavy atom. The van der Waals surface area contributed by atoms with Crippen LogP contribution in [-0.2, 0) is 0 Å². The largest absolute Gasteiger partial charge is 0.377 e. The molecule has 0 spiro atoms. The van der Waals surface area contributed by atoms with Gasteiger partial charge in [0.2, 0.25) is 0 Å². The van der Waals surface area contributed by atoms with Crippen LogP contribution in [0.2, 0.25) is 0 Å². The Kier molecular flexibility index (Phi) is 3.92. The van der Waals surface area contributed by atoms with Gasteiger partial charge >= 0.3 is 24.2 Å². The van der Waals surface area contributed by atoms with E-state index in [2.05, 4.69) is 0 Å². The van der Waals surface area contributed by atoms with E-state index in [4.69, 9.17) is 0 Å². The third kappa shape index (κ3) is 2.31. The van der Waals surface area contributed by atoms with Gasteiger partial charge < -0.3 is 0 Å². The Morgan fingerprint density at radius 3 is 1.53 bits per heavy atom. The van der Waals surface area contributed by atoms with Crippen LogP contribution in [0.5, 0.6) is 0 Å². The molecule has 9 heteroatoms. The van der Waals surface area contributed by atoms with Crippen LogP contribution in [0.25, 0.3) is 0 Å². The first-order chi connectivity index (χ1) is 6.50. The second-order valence-corrected chi connectivity index (χ2v) is 2.64. The first kappa shape index (κ1) is 14.4. The molecule has 0 fully saturated rings. The molecule has 0 saturated heterocycles. The summed E-state index contributed by atoms with van der Waals surface area (Å²) in [6, 6.07) is 0. The standard InChI is InChI=1S/C6H5F9/c7-2-1-4(10,11)6(14,15)5(12,13)3(8)9/h3H,1-2H2. The molecule has 0 aliphatic rings. The van der Waals surface area contributed by atoms with Crippen molar-refractivity contribution in [3.05, 3.63) is 0 Å². The van der Waals surface area contributed by atoms with Crippen LogP contribution in [0.3, 0.4) is 0 Å². The van der Waals surface area contributed by atoms with Gasteiger partial charge in [-0.25, -0.2) is 8.78 Å². The lowest BCUT2D eigenvalue weighted by Gasteiger charge is -2.31. The van der Waals surface area contributed by atoms with Crippen molar-refractivity contribution in [3.8, 4) is 0 Å². The predicted molar refractivity (Wildman–Crippen MR) is 31.4 cm³/mol. The smallest absolute Gasteiger partial charge is 0.251 e. The Labute approximate surface area is 78.1 Å². The monoisotopic (exact) mass is 248 g/mol. The van der Waals surface area contributed by atoms with Gasteiger partial charge in [0.1, 0.15) is 0 Å². The summed E-state index contributed by atoms with van der Waals surface area (Å²) in [6.45, 7) is -2.03. The van der Waals surface area contributed by atoms with Crippen LogP contribution < -0.4 is 0 Å². The SMILES string of the molecule is FCCC(F)(F)C(F)(F)C(F)(F)C(F)F. The molecule has 0 amide bonds. The maximum Gasteiger partial charge on any atom is 0.377 e. The highest BCUT2D eigenvalue weighted by Crippen LogP contribution is 2.49. The Balaban J connectivity index is 5.11. The molecule has 15 heavy (non-hydrogen) atoms. The van der Waals surface area contributed by atoms with Crippen LogP contribution in [0.4, 0.5) is 39.5 Å². The molecule has 0 aromatic rings. The summed E-state index contributed by atoms with van der Waals surface area (Å²) in [4.78, 5) is 0. The zero-order valence-corrected chi connectivity index (χ0v) is 6.89. The first-order valence-corrected chi connectivity index (χ1v) is 3.48. The summed E-state index contributed by atoms with van der Waals surface area (Å²) in [7, 11) is 0. The van der Waals surface area contributed by atoms with Gasteiger partial charge in [-0.15, -0.1) is 0 Å². The maximum atomic E-state index is 12.3. The molecule has 0 aliphatic carbocycles. The van der Waals surface area contributed by atoms with E-state index in [0.717, 1.165) is 0 Å². The minimum absolute atomic E-state index is 2.03. The number of rotatable bonds is 5. The van der Waals surface area contributed by atoms with Crippen molar-refractivity contribution in [3.63, 3.8) is 0 Å². The van der Waals surface area contributed by atoms with E-state index in [1.807, 2.05) is 0 Å². The highest BCUT2D eigenvalue weighted by atomic mass is 19.4. The Hall–Kier alpha value is -0.630. The second kappa shape index (κ2) is 4.09. The van der Waals surface area contributed by atoms with Gasteiger partial charge in [0.15, 0.2) is 0 Å². The lowest BCUT2D eigenvalue weighted by Crippen LogP contribution is -2.57. The van der Waals surface area contributed by atoms with Gasteiger partial charge in [0.05, 0.1) is 6.67 Å². The van der Waals surface area contributed by atoms with Crippen molar-refractivity contribution in [2.75, 3.05) is 6.67 Å². The van der Waals surface area contributed by atoms with Crippen molar-refractivity contribution >= 4 is 0 Å². The average molecular weight is 248 g/mol. The van der Waals surface area contributed by atoms with E-state index < -0.39 is 37.3 Å². The summed E-state index contributed by atoms with van der Waals surface area (Å²) < 4.78 is 107. The van der Waals surface area contributed by atoms with E-state index >= 15 is 0 Å². The van der Waals surface area contributed by atoms with Gasteiger partial charge in [0.25, 0.3) is 0 Å². The lowest BCUT2D eigenvalue weighted by molar-refractivity contribution is -0.339. The highest BCUT2D eigenvalue weighted by Gasteiger charge is 2.74. The van der Waals surface area contributed by atoms with Gasteiger partial charge in [-0.2, -0.15) is 26.3 Å². The van der Waals surface area contributed by atoms with E-state index in [1.54, 1.807) is 0 Å². The molecule has 0 N–H and O–H groups in total. The normalized spacial score (nSPS) is 14.8. The van der Waals surface area contributed by atoms with Crippen molar-refractivity contribution in [1.29, 1.82) is 0 Å². The molecule has 0 atom stereocenters. The minimum atomic E-state index is -6.29. The van der Waals surface area contributed by atoms with E-state index in [-0.39, 0.29) is 0 Å². The third-order valence-electron chi connectivity index (χ3n) is 1.56. The molecule has 0 aromatic carbocycles. The Bertz CT molecular complexity index is 209. The summed E-state index contributed by atoms with van der Waals surface area (Å²) in [6.07, 6.45) is -7.21. The fourth-order valence-electron chi connectivity index (χ4n) is 0.657. The van der Waals surface area contributed by atoms with Gasteiger partial charge in [0, 0.05) is 6.42 Å². The number of halogens is 9. The van der Waals surface area contributed by atoms with Crippen LogP contribution in [-0.4, -0.2) is 30.9 Å². The summed E-state index contributed by atoms with van der Waals surface area (Å²) in [5.74, 6) is -18.0. The van der Waals surface area contributed by atoms with Crippen LogP contribution >= 0.6 is 0 Å². The Morgan fingerprint density at radius 1 is 0.867 bits per heavy atom. The van der Waals surface area contributed by atoms with E-state index in [1.165, 1.54) is 0 Å². The van der Waals surface area contributed by atoms with Crippen molar-refractivity contribution in [2.24, 2.45) is 0 Å². The molecular weight excluding hydrogens is 243 g/mol. The van der Waals surface area contributed by atoms with Gasteiger partial charge in [-0.1, -0.05) is 0 Å². The molecule has 0 aliphatic heterocycles.